The summed E-state index contributed by atoms with van der Waals surface area (Å²) in [5.41, 5.74) is 2.10. The number of benzene rings is 1. The fourth-order valence-electron chi connectivity index (χ4n) is 2.89. The van der Waals surface area contributed by atoms with E-state index in [0.29, 0.717) is 18.3 Å². The van der Waals surface area contributed by atoms with Crippen molar-refractivity contribution < 1.29 is 9.52 Å². The minimum atomic E-state index is 0.193. The molecule has 1 N–H and O–H groups in total. The van der Waals surface area contributed by atoms with Gasteiger partial charge in [0.25, 0.3) is 0 Å². The van der Waals surface area contributed by atoms with Crippen LogP contribution in [-0.4, -0.2) is 39.4 Å². The number of hydrogen-bond donors (Lipinski definition) is 1. The van der Waals surface area contributed by atoms with Gasteiger partial charge in [-0.1, -0.05) is 24.6 Å². The van der Waals surface area contributed by atoms with Crippen LogP contribution in [0, 0.1) is 6.92 Å². The highest BCUT2D eigenvalue weighted by Gasteiger charge is 2.23. The van der Waals surface area contributed by atoms with Crippen LogP contribution in [0.3, 0.4) is 0 Å². The number of likely N-dealkylation sites (tertiary alicyclic amines) is 1. The first-order chi connectivity index (χ1) is 10.3. The van der Waals surface area contributed by atoms with Crippen LogP contribution in [0.25, 0.3) is 11.5 Å². The summed E-state index contributed by atoms with van der Waals surface area (Å²) in [6.45, 7) is 3.82. The predicted octanol–water partition coefficient (Wildman–Crippen LogP) is 2.39. The van der Waals surface area contributed by atoms with Gasteiger partial charge in [0.05, 0.1) is 13.2 Å². The van der Waals surface area contributed by atoms with Crippen molar-refractivity contribution in [2.24, 2.45) is 0 Å². The van der Waals surface area contributed by atoms with Crippen LogP contribution >= 0.6 is 0 Å². The van der Waals surface area contributed by atoms with Gasteiger partial charge in [0.15, 0.2) is 0 Å². The molecule has 5 heteroatoms. The monoisotopic (exact) mass is 287 g/mol. The molecule has 0 bridgehead atoms. The smallest absolute Gasteiger partial charge is 0.248 e. The molecule has 2 aromatic rings. The molecular formula is C16H21N3O2. The van der Waals surface area contributed by atoms with Gasteiger partial charge in [0, 0.05) is 11.6 Å². The lowest BCUT2D eigenvalue weighted by molar-refractivity contribution is 0.0769. The first-order valence-electron chi connectivity index (χ1n) is 7.51. The normalized spacial score (nSPS) is 19.8. The molecule has 1 fully saturated rings. The molecule has 0 radical (unpaired) electrons. The molecule has 21 heavy (non-hydrogen) atoms. The molecule has 1 aromatic heterocycles. The number of aliphatic hydroxyl groups excluding tert-OH is 1. The second kappa shape index (κ2) is 6.37. The van der Waals surface area contributed by atoms with Crippen molar-refractivity contribution in [1.82, 2.24) is 15.1 Å². The van der Waals surface area contributed by atoms with E-state index >= 15 is 0 Å². The summed E-state index contributed by atoms with van der Waals surface area (Å²) in [7, 11) is 0. The van der Waals surface area contributed by atoms with Gasteiger partial charge in [-0.2, -0.15) is 0 Å². The Morgan fingerprint density at radius 2 is 2.14 bits per heavy atom. The van der Waals surface area contributed by atoms with Crippen LogP contribution in [0.5, 0.6) is 0 Å². The van der Waals surface area contributed by atoms with E-state index in [9.17, 15) is 5.11 Å². The summed E-state index contributed by atoms with van der Waals surface area (Å²) >= 11 is 0. The summed E-state index contributed by atoms with van der Waals surface area (Å²) in [6, 6.07) is 8.21. The third-order valence-electron chi connectivity index (χ3n) is 4.14. The van der Waals surface area contributed by atoms with Gasteiger partial charge < -0.3 is 9.52 Å². The topological polar surface area (TPSA) is 62.4 Å². The van der Waals surface area contributed by atoms with E-state index in [-0.39, 0.29) is 12.6 Å². The second-order valence-corrected chi connectivity index (χ2v) is 5.62. The molecule has 0 amide bonds. The van der Waals surface area contributed by atoms with Gasteiger partial charge in [-0.05, 0) is 37.9 Å². The third-order valence-corrected chi connectivity index (χ3v) is 4.14. The minimum Gasteiger partial charge on any atom is -0.419 e. The highest BCUT2D eigenvalue weighted by atomic mass is 16.4. The van der Waals surface area contributed by atoms with Crippen LogP contribution in [0.1, 0.15) is 30.7 Å². The maximum Gasteiger partial charge on any atom is 0.248 e. The third kappa shape index (κ3) is 3.14. The maximum absolute atomic E-state index is 9.45. The molecule has 1 saturated heterocycles. The standard InChI is InChI=1S/C16H21N3O2/c1-12-6-2-3-8-14(12)16-18-17-15(21-16)10-19-9-5-4-7-13(19)11-20/h2-3,6,8,13,20H,4-5,7,9-11H2,1H3/t13-/m1/s1. The van der Waals surface area contributed by atoms with E-state index < -0.39 is 0 Å². The Hall–Kier alpha value is -1.72. The lowest BCUT2D eigenvalue weighted by Crippen LogP contribution is -2.41. The molecule has 5 nitrogen and oxygen atoms in total. The van der Waals surface area contributed by atoms with E-state index in [1.807, 2.05) is 31.2 Å². The van der Waals surface area contributed by atoms with Crippen LogP contribution in [0.15, 0.2) is 28.7 Å². The first-order valence-corrected chi connectivity index (χ1v) is 7.51. The Morgan fingerprint density at radius 1 is 1.29 bits per heavy atom. The van der Waals surface area contributed by atoms with Gasteiger partial charge in [-0.25, -0.2) is 0 Å². The second-order valence-electron chi connectivity index (χ2n) is 5.62. The highest BCUT2D eigenvalue weighted by Crippen LogP contribution is 2.23. The Morgan fingerprint density at radius 3 is 2.95 bits per heavy atom. The lowest BCUT2D eigenvalue weighted by atomic mass is 10.0. The highest BCUT2D eigenvalue weighted by molar-refractivity contribution is 5.57. The fourth-order valence-corrected chi connectivity index (χ4v) is 2.89. The molecule has 112 valence electrons. The van der Waals surface area contributed by atoms with Gasteiger partial charge in [-0.3, -0.25) is 4.90 Å². The largest absolute Gasteiger partial charge is 0.419 e. The molecule has 3 rings (SSSR count). The minimum absolute atomic E-state index is 0.193. The van der Waals surface area contributed by atoms with Gasteiger partial charge in [0.2, 0.25) is 11.8 Å². The first kappa shape index (κ1) is 14.2. The number of piperidine rings is 1. The predicted molar refractivity (Wildman–Crippen MR) is 79.6 cm³/mol. The van der Waals surface area contributed by atoms with E-state index in [1.54, 1.807) is 0 Å². The van der Waals surface area contributed by atoms with Crippen LogP contribution in [-0.2, 0) is 6.54 Å². The molecule has 0 unspecified atom stereocenters. The maximum atomic E-state index is 9.45. The molecule has 0 saturated carbocycles. The zero-order chi connectivity index (χ0) is 14.7. The van der Waals surface area contributed by atoms with Crippen LogP contribution in [0.4, 0.5) is 0 Å². The van der Waals surface area contributed by atoms with Gasteiger partial charge in [-0.15, -0.1) is 10.2 Å². The molecule has 1 aliphatic rings. The van der Waals surface area contributed by atoms with Crippen molar-refractivity contribution in [2.45, 2.75) is 38.8 Å². The van der Waals surface area contributed by atoms with Gasteiger partial charge in [0.1, 0.15) is 0 Å². The van der Waals surface area contributed by atoms with Crippen molar-refractivity contribution >= 4 is 0 Å². The number of aryl methyl sites for hydroxylation is 1. The number of rotatable bonds is 4. The molecule has 0 aliphatic carbocycles. The molecular weight excluding hydrogens is 266 g/mol. The summed E-state index contributed by atoms with van der Waals surface area (Å²) < 4.78 is 5.80. The fraction of sp³-hybridized carbons (Fsp3) is 0.500. The van der Waals surface area contributed by atoms with Crippen LogP contribution < -0.4 is 0 Å². The van der Waals surface area contributed by atoms with E-state index in [4.69, 9.17) is 4.42 Å². The molecule has 0 spiro atoms. The number of aliphatic hydroxyl groups is 1. The average molecular weight is 287 g/mol. The number of aromatic nitrogens is 2. The molecule has 1 atom stereocenters. The number of nitrogens with zero attached hydrogens (tertiary/aromatic N) is 3. The molecule has 1 aliphatic heterocycles. The SMILES string of the molecule is Cc1ccccc1-c1nnc(CN2CCCC[C@@H]2CO)o1. The van der Waals surface area contributed by atoms with E-state index in [2.05, 4.69) is 15.1 Å². The van der Waals surface area contributed by atoms with Crippen LogP contribution in [0.2, 0.25) is 0 Å². The summed E-state index contributed by atoms with van der Waals surface area (Å²) in [6.07, 6.45) is 3.38. The zero-order valence-electron chi connectivity index (χ0n) is 12.3. The van der Waals surface area contributed by atoms with Gasteiger partial charge >= 0.3 is 0 Å². The summed E-state index contributed by atoms with van der Waals surface area (Å²) in [5, 5.41) is 17.8. The van der Waals surface area contributed by atoms with Crippen molar-refractivity contribution in [3.63, 3.8) is 0 Å². The Balaban J connectivity index is 1.75. The van der Waals surface area contributed by atoms with Crippen molar-refractivity contribution in [3.8, 4) is 11.5 Å². The van der Waals surface area contributed by atoms with E-state index in [0.717, 1.165) is 30.5 Å². The lowest BCUT2D eigenvalue weighted by Gasteiger charge is -2.33. The Labute approximate surface area is 124 Å². The Bertz CT molecular complexity index is 597. The zero-order valence-corrected chi connectivity index (χ0v) is 12.3. The van der Waals surface area contributed by atoms with Crippen molar-refractivity contribution in [2.75, 3.05) is 13.2 Å². The summed E-state index contributed by atoms with van der Waals surface area (Å²) in [5.74, 6) is 1.19. The average Bonchev–Trinajstić information content (AvgIpc) is 2.96. The van der Waals surface area contributed by atoms with Crippen molar-refractivity contribution in [3.05, 3.63) is 35.7 Å². The van der Waals surface area contributed by atoms with E-state index in [1.165, 1.54) is 6.42 Å². The molecule has 1 aromatic carbocycles. The quantitative estimate of drug-likeness (QED) is 0.935. The number of hydrogen-bond acceptors (Lipinski definition) is 5. The Kier molecular flexibility index (Phi) is 4.31. The summed E-state index contributed by atoms with van der Waals surface area (Å²) in [4.78, 5) is 2.23. The molecule has 2 heterocycles. The van der Waals surface area contributed by atoms with Crippen molar-refractivity contribution in [1.29, 1.82) is 0 Å².